The molecule has 1 saturated heterocycles. The Kier molecular flexibility index (Phi) is 4.86. The molecule has 0 bridgehead atoms. The molecule has 0 atom stereocenters. The van der Waals surface area contributed by atoms with Gasteiger partial charge in [-0.2, -0.15) is 13.2 Å². The molecule has 1 aromatic heterocycles. The summed E-state index contributed by atoms with van der Waals surface area (Å²) in [6.07, 6.45) is -0.0929. The summed E-state index contributed by atoms with van der Waals surface area (Å²) >= 11 is 0. The molecule has 1 N–H and O–H groups in total. The van der Waals surface area contributed by atoms with Crippen LogP contribution in [0.1, 0.15) is 31.7 Å². The predicted octanol–water partition coefficient (Wildman–Crippen LogP) is 3.39. The van der Waals surface area contributed by atoms with Crippen molar-refractivity contribution in [3.63, 3.8) is 0 Å². The molecule has 1 fully saturated rings. The maximum absolute atomic E-state index is 12.6. The van der Waals surface area contributed by atoms with E-state index in [1.165, 1.54) is 6.20 Å². The summed E-state index contributed by atoms with van der Waals surface area (Å²) in [6, 6.07) is 2.28. The average molecular weight is 287 g/mol. The van der Waals surface area contributed by atoms with E-state index < -0.39 is 11.7 Å². The van der Waals surface area contributed by atoms with Crippen molar-refractivity contribution in [2.75, 3.05) is 25.0 Å². The van der Waals surface area contributed by atoms with Gasteiger partial charge in [0, 0.05) is 25.3 Å². The van der Waals surface area contributed by atoms with Crippen LogP contribution >= 0.6 is 0 Å². The Morgan fingerprint density at radius 1 is 1.35 bits per heavy atom. The van der Waals surface area contributed by atoms with Crippen LogP contribution < -0.4 is 5.32 Å². The van der Waals surface area contributed by atoms with E-state index in [0.717, 1.165) is 51.0 Å². The third-order valence-electron chi connectivity index (χ3n) is 3.57. The Morgan fingerprint density at radius 2 is 2.05 bits per heavy atom. The van der Waals surface area contributed by atoms with Crippen LogP contribution in [-0.2, 0) is 6.18 Å². The third-order valence-corrected chi connectivity index (χ3v) is 3.57. The lowest BCUT2D eigenvalue weighted by atomic mass is 10.0. The van der Waals surface area contributed by atoms with Gasteiger partial charge in [0.05, 0.1) is 5.56 Å². The first kappa shape index (κ1) is 15.1. The summed E-state index contributed by atoms with van der Waals surface area (Å²) in [5.74, 6) is 0.314. The molecule has 2 heterocycles. The lowest BCUT2D eigenvalue weighted by molar-refractivity contribution is -0.137. The van der Waals surface area contributed by atoms with Crippen LogP contribution in [0.4, 0.5) is 19.0 Å². The summed E-state index contributed by atoms with van der Waals surface area (Å²) in [5, 5.41) is 3.12. The average Bonchev–Trinajstić information content (AvgIpc) is 2.41. The highest BCUT2D eigenvalue weighted by molar-refractivity contribution is 5.39. The van der Waals surface area contributed by atoms with Gasteiger partial charge in [-0.1, -0.05) is 6.92 Å². The molecule has 0 aromatic carbocycles. The molecule has 0 amide bonds. The van der Waals surface area contributed by atoms with Crippen molar-refractivity contribution in [2.45, 2.75) is 38.4 Å². The third kappa shape index (κ3) is 4.10. The molecule has 1 aliphatic heterocycles. The SMILES string of the molecule is CCCN1CCC(Nc2cc(C(F)(F)F)ccn2)CC1. The van der Waals surface area contributed by atoms with E-state index in [4.69, 9.17) is 0 Å². The van der Waals surface area contributed by atoms with Crippen molar-refractivity contribution >= 4 is 5.82 Å². The number of anilines is 1. The highest BCUT2D eigenvalue weighted by Crippen LogP contribution is 2.30. The van der Waals surface area contributed by atoms with Gasteiger partial charge in [-0.15, -0.1) is 0 Å². The fourth-order valence-corrected chi connectivity index (χ4v) is 2.51. The Hall–Kier alpha value is -1.30. The van der Waals surface area contributed by atoms with Crippen LogP contribution in [-0.4, -0.2) is 35.6 Å². The molecule has 6 heteroatoms. The van der Waals surface area contributed by atoms with E-state index >= 15 is 0 Å². The summed E-state index contributed by atoms with van der Waals surface area (Å²) in [7, 11) is 0. The number of nitrogens with zero attached hydrogens (tertiary/aromatic N) is 2. The van der Waals surface area contributed by atoms with Gasteiger partial charge >= 0.3 is 6.18 Å². The standard InChI is InChI=1S/C14H20F3N3/c1-2-7-20-8-4-12(5-9-20)19-13-10-11(3-6-18-13)14(15,16)17/h3,6,10,12H,2,4-5,7-9H2,1H3,(H,18,19). The van der Waals surface area contributed by atoms with Crippen LogP contribution in [0.2, 0.25) is 0 Å². The van der Waals surface area contributed by atoms with Gasteiger partial charge in [0.15, 0.2) is 0 Å². The van der Waals surface area contributed by atoms with Gasteiger partial charge in [0.1, 0.15) is 5.82 Å². The summed E-state index contributed by atoms with van der Waals surface area (Å²) in [6.45, 7) is 5.22. The number of halogens is 3. The van der Waals surface area contributed by atoms with Crippen molar-refractivity contribution in [1.29, 1.82) is 0 Å². The quantitative estimate of drug-likeness (QED) is 0.920. The Morgan fingerprint density at radius 3 is 2.65 bits per heavy atom. The molecule has 0 radical (unpaired) electrons. The first-order chi connectivity index (χ1) is 9.49. The lowest BCUT2D eigenvalue weighted by Gasteiger charge is -2.32. The van der Waals surface area contributed by atoms with Gasteiger partial charge in [0.25, 0.3) is 0 Å². The van der Waals surface area contributed by atoms with Crippen LogP contribution in [0.15, 0.2) is 18.3 Å². The molecule has 0 spiro atoms. The Labute approximate surface area is 117 Å². The van der Waals surface area contributed by atoms with Gasteiger partial charge in [0.2, 0.25) is 0 Å². The Bertz CT molecular complexity index is 426. The molecule has 3 nitrogen and oxygen atoms in total. The molecule has 20 heavy (non-hydrogen) atoms. The fourth-order valence-electron chi connectivity index (χ4n) is 2.51. The zero-order valence-electron chi connectivity index (χ0n) is 11.6. The van der Waals surface area contributed by atoms with E-state index in [-0.39, 0.29) is 6.04 Å². The number of rotatable bonds is 4. The van der Waals surface area contributed by atoms with Crippen molar-refractivity contribution in [1.82, 2.24) is 9.88 Å². The number of hydrogen-bond acceptors (Lipinski definition) is 3. The Balaban J connectivity index is 1.91. The van der Waals surface area contributed by atoms with Gasteiger partial charge < -0.3 is 10.2 Å². The number of likely N-dealkylation sites (tertiary alicyclic amines) is 1. The fraction of sp³-hybridized carbons (Fsp3) is 0.643. The van der Waals surface area contributed by atoms with E-state index in [0.29, 0.717) is 5.82 Å². The number of pyridine rings is 1. The minimum Gasteiger partial charge on any atom is -0.367 e. The van der Waals surface area contributed by atoms with Crippen molar-refractivity contribution in [3.8, 4) is 0 Å². The van der Waals surface area contributed by atoms with Crippen LogP contribution in [0.5, 0.6) is 0 Å². The van der Waals surface area contributed by atoms with E-state index in [1.54, 1.807) is 0 Å². The minimum absolute atomic E-state index is 0.207. The van der Waals surface area contributed by atoms with Gasteiger partial charge in [-0.3, -0.25) is 0 Å². The molecule has 0 unspecified atom stereocenters. The largest absolute Gasteiger partial charge is 0.416 e. The monoisotopic (exact) mass is 287 g/mol. The topological polar surface area (TPSA) is 28.2 Å². The maximum atomic E-state index is 12.6. The molecular formula is C14H20F3N3. The van der Waals surface area contributed by atoms with Crippen LogP contribution in [0.3, 0.4) is 0 Å². The normalized spacial score (nSPS) is 18.2. The van der Waals surface area contributed by atoms with Crippen molar-refractivity contribution < 1.29 is 13.2 Å². The number of hydrogen-bond donors (Lipinski definition) is 1. The first-order valence-corrected chi connectivity index (χ1v) is 7.01. The molecule has 0 aliphatic carbocycles. The van der Waals surface area contributed by atoms with E-state index in [2.05, 4.69) is 22.1 Å². The highest BCUT2D eigenvalue weighted by Gasteiger charge is 2.31. The summed E-state index contributed by atoms with van der Waals surface area (Å²) < 4.78 is 37.9. The zero-order valence-corrected chi connectivity index (χ0v) is 11.6. The van der Waals surface area contributed by atoms with Gasteiger partial charge in [-0.05, 0) is 37.9 Å². The first-order valence-electron chi connectivity index (χ1n) is 7.01. The zero-order chi connectivity index (χ0) is 14.6. The van der Waals surface area contributed by atoms with E-state index in [1.807, 2.05) is 0 Å². The lowest BCUT2D eigenvalue weighted by Crippen LogP contribution is -2.39. The molecule has 1 aromatic rings. The van der Waals surface area contributed by atoms with E-state index in [9.17, 15) is 13.2 Å². The highest BCUT2D eigenvalue weighted by atomic mass is 19.4. The molecule has 2 rings (SSSR count). The van der Waals surface area contributed by atoms with Crippen LogP contribution in [0, 0.1) is 0 Å². The molecule has 112 valence electrons. The second-order valence-electron chi connectivity index (χ2n) is 5.19. The second-order valence-corrected chi connectivity index (χ2v) is 5.19. The van der Waals surface area contributed by atoms with Crippen molar-refractivity contribution in [3.05, 3.63) is 23.9 Å². The second kappa shape index (κ2) is 6.43. The number of nitrogens with one attached hydrogen (secondary N) is 1. The molecular weight excluding hydrogens is 267 g/mol. The van der Waals surface area contributed by atoms with Crippen LogP contribution in [0.25, 0.3) is 0 Å². The number of piperidine rings is 1. The number of aromatic nitrogens is 1. The van der Waals surface area contributed by atoms with Crippen molar-refractivity contribution in [2.24, 2.45) is 0 Å². The predicted molar refractivity (Wildman–Crippen MR) is 72.6 cm³/mol. The summed E-state index contributed by atoms with van der Waals surface area (Å²) in [5.41, 5.74) is -0.654. The number of alkyl halides is 3. The minimum atomic E-state index is -4.32. The summed E-state index contributed by atoms with van der Waals surface area (Å²) in [4.78, 5) is 6.36. The maximum Gasteiger partial charge on any atom is 0.416 e. The molecule has 0 saturated carbocycles. The molecule has 1 aliphatic rings. The van der Waals surface area contributed by atoms with Gasteiger partial charge in [-0.25, -0.2) is 4.98 Å². The smallest absolute Gasteiger partial charge is 0.367 e.